The van der Waals surface area contributed by atoms with E-state index in [1.165, 1.54) is 0 Å². The summed E-state index contributed by atoms with van der Waals surface area (Å²) in [5, 5.41) is -13.7. The van der Waals surface area contributed by atoms with Gasteiger partial charge in [-0.1, -0.05) is 0 Å². The number of rotatable bonds is 4. The summed E-state index contributed by atoms with van der Waals surface area (Å²) in [4.78, 5) is 19.7. The summed E-state index contributed by atoms with van der Waals surface area (Å²) in [6.07, 6.45) is 0. The van der Waals surface area contributed by atoms with Crippen molar-refractivity contribution in [3.63, 3.8) is 0 Å². The Labute approximate surface area is 83.5 Å². The molecule has 0 aromatic carbocycles. The number of alkyl halides is 4. The molecular weight excluding hydrogens is 259 g/mol. The van der Waals surface area contributed by atoms with Crippen LogP contribution >= 0.6 is 35.0 Å². The summed E-state index contributed by atoms with van der Waals surface area (Å²) >= 11 is 7.06. The standard InChI is InChI=1S/C4Cl2F4O2S/c5-1(11)3(7,8)13-4(9,10)2(6)12. The Kier molecular flexibility index (Phi) is 4.01. The summed E-state index contributed by atoms with van der Waals surface area (Å²) in [5.74, 6) is 0. The van der Waals surface area contributed by atoms with E-state index < -0.39 is 32.8 Å². The van der Waals surface area contributed by atoms with Gasteiger partial charge in [-0.3, -0.25) is 9.59 Å². The maximum absolute atomic E-state index is 12.2. The van der Waals surface area contributed by atoms with E-state index in [0.29, 0.717) is 0 Å². The van der Waals surface area contributed by atoms with Crippen LogP contribution in [0.1, 0.15) is 0 Å². The van der Waals surface area contributed by atoms with E-state index >= 15 is 0 Å². The highest BCUT2D eigenvalue weighted by Crippen LogP contribution is 2.44. The molecule has 0 unspecified atom stereocenters. The fourth-order valence-electron chi connectivity index (χ4n) is 0.241. The first kappa shape index (κ1) is 13.0. The summed E-state index contributed by atoms with van der Waals surface area (Å²) in [6, 6.07) is 0. The molecule has 9 heteroatoms. The first-order chi connectivity index (χ1) is 5.59. The monoisotopic (exact) mass is 258 g/mol. The second-order valence-corrected chi connectivity index (χ2v) is 3.60. The summed E-state index contributed by atoms with van der Waals surface area (Å²) in [7, 11) is 0. The topological polar surface area (TPSA) is 34.1 Å². The van der Waals surface area contributed by atoms with Gasteiger partial charge in [0.25, 0.3) is 0 Å². The molecule has 0 aromatic heterocycles. The third kappa shape index (κ3) is 3.70. The Morgan fingerprint density at radius 2 is 1.15 bits per heavy atom. The molecule has 0 aliphatic carbocycles. The van der Waals surface area contributed by atoms with E-state index in [-0.39, 0.29) is 0 Å². The molecule has 0 aliphatic heterocycles. The Bertz CT molecular complexity index is 220. The maximum atomic E-state index is 12.2. The minimum absolute atomic E-state index is 1.51. The molecule has 0 aromatic rings. The minimum Gasteiger partial charge on any atom is -0.273 e. The van der Waals surface area contributed by atoms with Crippen LogP contribution in [0, 0.1) is 0 Å². The molecule has 0 saturated carbocycles. The molecule has 0 amide bonds. The lowest BCUT2D eigenvalue weighted by Gasteiger charge is -2.15. The van der Waals surface area contributed by atoms with E-state index in [2.05, 4.69) is 23.2 Å². The maximum Gasteiger partial charge on any atom is 0.371 e. The summed E-state index contributed by atoms with van der Waals surface area (Å²) in [5.41, 5.74) is 0. The fraction of sp³-hybridized carbons (Fsp3) is 0.500. The molecule has 0 radical (unpaired) electrons. The number of halogens is 6. The van der Waals surface area contributed by atoms with Gasteiger partial charge in [0.1, 0.15) is 0 Å². The van der Waals surface area contributed by atoms with E-state index in [0.717, 1.165) is 0 Å². The molecule has 0 saturated heterocycles. The Balaban J connectivity index is 4.61. The first-order valence-corrected chi connectivity index (χ1v) is 4.02. The zero-order valence-electron chi connectivity index (χ0n) is 5.49. The molecule has 0 fully saturated rings. The average Bonchev–Trinajstić information content (AvgIpc) is 1.83. The molecule has 0 bridgehead atoms. The highest BCUT2D eigenvalue weighted by molar-refractivity contribution is 8.03. The van der Waals surface area contributed by atoms with Crippen LogP contribution in [0.15, 0.2) is 0 Å². The van der Waals surface area contributed by atoms with Crippen LogP contribution in [0.2, 0.25) is 0 Å². The van der Waals surface area contributed by atoms with Gasteiger partial charge in [0, 0.05) is 11.8 Å². The second-order valence-electron chi connectivity index (χ2n) is 1.68. The lowest BCUT2D eigenvalue weighted by molar-refractivity contribution is -0.126. The second kappa shape index (κ2) is 4.02. The minimum atomic E-state index is -4.55. The summed E-state index contributed by atoms with van der Waals surface area (Å²) in [6.45, 7) is 0. The predicted molar refractivity (Wildman–Crippen MR) is 39.2 cm³/mol. The smallest absolute Gasteiger partial charge is 0.273 e. The highest BCUT2D eigenvalue weighted by Gasteiger charge is 2.52. The molecule has 0 spiro atoms. The van der Waals surface area contributed by atoms with Crippen LogP contribution in [0.3, 0.4) is 0 Å². The van der Waals surface area contributed by atoms with Crippen LogP contribution in [-0.4, -0.2) is 21.0 Å². The Morgan fingerprint density at radius 1 is 0.923 bits per heavy atom. The van der Waals surface area contributed by atoms with Gasteiger partial charge in [-0.2, -0.15) is 17.6 Å². The quantitative estimate of drug-likeness (QED) is 0.574. The molecule has 0 N–H and O–H groups in total. The van der Waals surface area contributed by atoms with E-state index in [4.69, 9.17) is 0 Å². The largest absolute Gasteiger partial charge is 0.371 e. The highest BCUT2D eigenvalue weighted by atomic mass is 35.5. The summed E-state index contributed by atoms with van der Waals surface area (Å²) < 4.78 is 48.8. The third-order valence-corrected chi connectivity index (χ3v) is 2.30. The third-order valence-electron chi connectivity index (χ3n) is 0.714. The van der Waals surface area contributed by atoms with Crippen LogP contribution in [0.5, 0.6) is 0 Å². The lowest BCUT2D eigenvalue weighted by Crippen LogP contribution is -2.30. The SMILES string of the molecule is O=C(Cl)C(F)(F)SC(F)(F)C(=O)Cl. The van der Waals surface area contributed by atoms with Crippen LogP contribution < -0.4 is 0 Å². The zero-order chi connectivity index (χ0) is 10.9. The lowest BCUT2D eigenvalue weighted by atomic mass is 10.8. The molecule has 0 heterocycles. The zero-order valence-corrected chi connectivity index (χ0v) is 7.82. The first-order valence-electron chi connectivity index (χ1n) is 2.45. The van der Waals surface area contributed by atoms with Gasteiger partial charge in [-0.25, -0.2) is 0 Å². The van der Waals surface area contributed by atoms with E-state index in [9.17, 15) is 27.2 Å². The van der Waals surface area contributed by atoms with Gasteiger partial charge >= 0.3 is 21.0 Å². The van der Waals surface area contributed by atoms with Crippen molar-refractivity contribution >= 4 is 45.4 Å². The molecule has 0 aliphatic rings. The van der Waals surface area contributed by atoms with Crippen LogP contribution in [0.25, 0.3) is 0 Å². The van der Waals surface area contributed by atoms with Crippen molar-refractivity contribution in [3.8, 4) is 0 Å². The van der Waals surface area contributed by atoms with Crippen molar-refractivity contribution in [3.05, 3.63) is 0 Å². The van der Waals surface area contributed by atoms with Gasteiger partial charge in [-0.05, 0) is 23.2 Å². The molecule has 76 valence electrons. The van der Waals surface area contributed by atoms with Crippen molar-refractivity contribution in [1.29, 1.82) is 0 Å². The van der Waals surface area contributed by atoms with Crippen molar-refractivity contribution in [2.24, 2.45) is 0 Å². The number of carbonyl (C=O) groups is 2. The molecule has 0 rings (SSSR count). The van der Waals surface area contributed by atoms with Crippen molar-refractivity contribution in [2.75, 3.05) is 0 Å². The number of carbonyl (C=O) groups excluding carboxylic acids is 2. The number of hydrogen-bond donors (Lipinski definition) is 0. The van der Waals surface area contributed by atoms with Crippen molar-refractivity contribution < 1.29 is 27.2 Å². The normalized spacial score (nSPS) is 12.8. The van der Waals surface area contributed by atoms with Gasteiger partial charge < -0.3 is 0 Å². The average molecular weight is 259 g/mol. The number of thioether (sulfide) groups is 1. The van der Waals surface area contributed by atoms with Gasteiger partial charge in [-0.15, -0.1) is 0 Å². The predicted octanol–water partition coefficient (Wildman–Crippen LogP) is 2.44. The van der Waals surface area contributed by atoms with E-state index in [1.807, 2.05) is 0 Å². The molecule has 0 atom stereocenters. The molecule has 2 nitrogen and oxygen atoms in total. The van der Waals surface area contributed by atoms with Crippen molar-refractivity contribution in [2.45, 2.75) is 10.5 Å². The number of hydrogen-bond acceptors (Lipinski definition) is 3. The molecule has 13 heavy (non-hydrogen) atoms. The van der Waals surface area contributed by atoms with Crippen molar-refractivity contribution in [1.82, 2.24) is 0 Å². The Morgan fingerprint density at radius 3 is 1.31 bits per heavy atom. The Hall–Kier alpha value is -0.0100. The molecular formula is C4Cl2F4O2S. The van der Waals surface area contributed by atoms with E-state index in [1.54, 1.807) is 0 Å². The van der Waals surface area contributed by atoms with Gasteiger partial charge in [0.15, 0.2) is 0 Å². The fourth-order valence-corrected chi connectivity index (χ4v) is 0.955. The van der Waals surface area contributed by atoms with Crippen LogP contribution in [0.4, 0.5) is 17.6 Å². The van der Waals surface area contributed by atoms with Gasteiger partial charge in [0.05, 0.1) is 0 Å². The van der Waals surface area contributed by atoms with Crippen LogP contribution in [-0.2, 0) is 9.59 Å². The van der Waals surface area contributed by atoms with Gasteiger partial charge in [0.2, 0.25) is 0 Å².